The second kappa shape index (κ2) is 9.50. The van der Waals surface area contributed by atoms with Crippen molar-refractivity contribution in [2.45, 2.75) is 81.6 Å². The van der Waals surface area contributed by atoms with E-state index in [1.165, 1.54) is 13.2 Å². The van der Waals surface area contributed by atoms with Crippen LogP contribution in [0, 0.1) is 5.82 Å². The minimum atomic E-state index is -2.86. The average Bonchev–Trinajstić information content (AvgIpc) is 3.77. The first-order valence-corrected chi connectivity index (χ1v) is 12.4. The summed E-state index contributed by atoms with van der Waals surface area (Å²) >= 11 is 0. The Balaban J connectivity index is 1.49. The lowest BCUT2D eigenvalue weighted by Crippen LogP contribution is -2.51. The topological polar surface area (TPSA) is 77.0 Å². The van der Waals surface area contributed by atoms with E-state index in [1.807, 2.05) is 0 Å². The van der Waals surface area contributed by atoms with Crippen molar-refractivity contribution in [1.82, 2.24) is 0 Å². The maximum absolute atomic E-state index is 15.6. The molecule has 0 saturated heterocycles. The molecule has 0 spiro atoms. The Bertz CT molecular complexity index is 1140. The van der Waals surface area contributed by atoms with Gasteiger partial charge in [0.25, 0.3) is 0 Å². The number of hydrogen-bond donors (Lipinski definition) is 2. The first-order chi connectivity index (χ1) is 17.2. The summed E-state index contributed by atoms with van der Waals surface area (Å²) in [6.07, 6.45) is 2.42. The van der Waals surface area contributed by atoms with E-state index in [0.29, 0.717) is 22.6 Å². The van der Waals surface area contributed by atoms with Crippen molar-refractivity contribution >= 4 is 11.7 Å². The predicted octanol–water partition coefficient (Wildman–Crippen LogP) is 6.17. The number of halogens is 3. The standard InChI is InChI=1S/C27H30F3NO5/c1-34-20-13-22(24(28)23(14-20)36-19-5-6-19)21-7-2-17(12-16(21)15-35-18-3-4-18)31-26(25(32)33)8-10-27(29,30)11-9-26/h2,7,12-14,18-19,31H,3-6,8-11,15H2,1H3,(H,32,33). The Kier molecular flexibility index (Phi) is 6.53. The second-order valence-corrected chi connectivity index (χ2v) is 10.1. The van der Waals surface area contributed by atoms with Crippen LogP contribution in [0.1, 0.15) is 56.9 Å². The molecule has 2 N–H and O–H groups in total. The van der Waals surface area contributed by atoms with Crippen LogP contribution in [0.5, 0.6) is 11.5 Å². The number of ether oxygens (including phenoxy) is 3. The SMILES string of the molecule is COc1cc(OC2CC2)c(F)c(-c2ccc(NC3(C(=O)O)CCC(F)(F)CC3)cc2COC2CC2)c1. The summed E-state index contributed by atoms with van der Waals surface area (Å²) in [6.45, 7) is 0.198. The van der Waals surface area contributed by atoms with Crippen LogP contribution in [0.2, 0.25) is 0 Å². The zero-order valence-electron chi connectivity index (χ0n) is 20.1. The van der Waals surface area contributed by atoms with Crippen molar-refractivity contribution in [1.29, 1.82) is 0 Å². The van der Waals surface area contributed by atoms with Crippen molar-refractivity contribution < 1.29 is 37.3 Å². The zero-order chi connectivity index (χ0) is 25.5. The Labute approximate surface area is 207 Å². The van der Waals surface area contributed by atoms with Gasteiger partial charge in [0.15, 0.2) is 11.6 Å². The summed E-state index contributed by atoms with van der Waals surface area (Å²) in [6, 6.07) is 8.19. The van der Waals surface area contributed by atoms with Gasteiger partial charge in [-0.25, -0.2) is 18.0 Å². The molecule has 3 aliphatic rings. The molecule has 0 aromatic heterocycles. The Hall–Kier alpha value is -2.94. The van der Waals surface area contributed by atoms with Gasteiger partial charge in [0, 0.05) is 30.2 Å². The number of aliphatic carboxylic acids is 1. The van der Waals surface area contributed by atoms with Crippen LogP contribution in [0.15, 0.2) is 30.3 Å². The number of carboxylic acid groups (broad SMARTS) is 1. The van der Waals surface area contributed by atoms with Crippen LogP contribution in [0.25, 0.3) is 11.1 Å². The van der Waals surface area contributed by atoms with Crippen molar-refractivity contribution in [2.75, 3.05) is 12.4 Å². The lowest BCUT2D eigenvalue weighted by atomic mass is 9.79. The molecule has 0 unspecified atom stereocenters. The van der Waals surface area contributed by atoms with Crippen LogP contribution in [0.3, 0.4) is 0 Å². The first-order valence-electron chi connectivity index (χ1n) is 12.4. The van der Waals surface area contributed by atoms with Crippen molar-refractivity contribution in [3.05, 3.63) is 41.7 Å². The summed E-state index contributed by atoms with van der Waals surface area (Å²) in [5.41, 5.74) is 0.468. The molecule has 0 radical (unpaired) electrons. The molecule has 3 fully saturated rings. The highest BCUT2D eigenvalue weighted by Crippen LogP contribution is 2.42. The third-order valence-corrected chi connectivity index (χ3v) is 7.09. The number of nitrogens with one attached hydrogen (secondary N) is 1. The summed E-state index contributed by atoms with van der Waals surface area (Å²) in [5.74, 6) is -3.97. The molecule has 0 amide bonds. The molecular formula is C27H30F3NO5. The minimum Gasteiger partial charge on any atom is -0.497 e. The van der Waals surface area contributed by atoms with E-state index in [4.69, 9.17) is 14.2 Å². The molecule has 6 nitrogen and oxygen atoms in total. The van der Waals surface area contributed by atoms with Gasteiger partial charge >= 0.3 is 5.97 Å². The van der Waals surface area contributed by atoms with Gasteiger partial charge in [-0.3, -0.25) is 0 Å². The van der Waals surface area contributed by atoms with E-state index >= 15 is 4.39 Å². The highest BCUT2D eigenvalue weighted by molar-refractivity contribution is 5.83. The number of carboxylic acids is 1. The van der Waals surface area contributed by atoms with Crippen LogP contribution in [-0.2, 0) is 16.1 Å². The molecule has 2 aromatic carbocycles. The van der Waals surface area contributed by atoms with Crippen LogP contribution in [0.4, 0.5) is 18.9 Å². The first kappa shape index (κ1) is 24.7. The summed E-state index contributed by atoms with van der Waals surface area (Å²) in [5, 5.41) is 12.9. The minimum absolute atomic E-state index is 0.00113. The summed E-state index contributed by atoms with van der Waals surface area (Å²) in [7, 11) is 1.50. The van der Waals surface area contributed by atoms with Gasteiger partial charge in [-0.15, -0.1) is 0 Å². The Morgan fingerprint density at radius 3 is 2.33 bits per heavy atom. The monoisotopic (exact) mass is 505 g/mol. The number of rotatable bonds is 10. The number of hydrogen-bond acceptors (Lipinski definition) is 5. The van der Waals surface area contributed by atoms with Gasteiger partial charge in [0.2, 0.25) is 5.92 Å². The molecule has 0 heterocycles. The number of anilines is 1. The maximum atomic E-state index is 15.6. The van der Waals surface area contributed by atoms with Crippen molar-refractivity contribution in [2.24, 2.45) is 0 Å². The van der Waals surface area contributed by atoms with E-state index in [2.05, 4.69) is 5.32 Å². The molecule has 3 saturated carbocycles. The van der Waals surface area contributed by atoms with Gasteiger partial charge in [0.05, 0.1) is 25.9 Å². The zero-order valence-corrected chi connectivity index (χ0v) is 20.1. The Morgan fingerprint density at radius 2 is 1.72 bits per heavy atom. The van der Waals surface area contributed by atoms with Gasteiger partial charge < -0.3 is 24.6 Å². The highest BCUT2D eigenvalue weighted by atomic mass is 19.3. The molecule has 9 heteroatoms. The normalized spacial score (nSPS) is 20.6. The third kappa shape index (κ3) is 5.40. The smallest absolute Gasteiger partial charge is 0.329 e. The molecule has 194 valence electrons. The van der Waals surface area contributed by atoms with Crippen LogP contribution >= 0.6 is 0 Å². The van der Waals surface area contributed by atoms with Crippen molar-refractivity contribution in [3.63, 3.8) is 0 Å². The van der Waals surface area contributed by atoms with E-state index in [9.17, 15) is 18.7 Å². The second-order valence-electron chi connectivity index (χ2n) is 10.1. The van der Waals surface area contributed by atoms with E-state index < -0.39 is 36.1 Å². The largest absolute Gasteiger partial charge is 0.497 e. The Morgan fingerprint density at radius 1 is 1.03 bits per heavy atom. The predicted molar refractivity (Wildman–Crippen MR) is 127 cm³/mol. The lowest BCUT2D eigenvalue weighted by Gasteiger charge is -2.38. The van der Waals surface area contributed by atoms with E-state index in [1.54, 1.807) is 24.3 Å². The maximum Gasteiger partial charge on any atom is 0.329 e. The van der Waals surface area contributed by atoms with Gasteiger partial charge in [-0.05, 0) is 67.9 Å². The molecule has 3 aliphatic carbocycles. The molecule has 2 aromatic rings. The molecule has 0 atom stereocenters. The molecule has 0 aliphatic heterocycles. The highest BCUT2D eigenvalue weighted by Gasteiger charge is 2.48. The van der Waals surface area contributed by atoms with Crippen LogP contribution in [-0.4, -0.2) is 41.9 Å². The molecule has 5 rings (SSSR count). The average molecular weight is 506 g/mol. The number of alkyl halides is 2. The fraction of sp³-hybridized carbons (Fsp3) is 0.519. The molecule has 36 heavy (non-hydrogen) atoms. The molecular weight excluding hydrogens is 475 g/mol. The number of carbonyl (C=O) groups is 1. The fourth-order valence-electron chi connectivity index (χ4n) is 4.54. The number of benzene rings is 2. The van der Waals surface area contributed by atoms with Gasteiger partial charge in [-0.1, -0.05) is 6.07 Å². The van der Waals surface area contributed by atoms with Gasteiger partial charge in [-0.2, -0.15) is 0 Å². The summed E-state index contributed by atoms with van der Waals surface area (Å²) in [4.78, 5) is 12.1. The lowest BCUT2D eigenvalue weighted by molar-refractivity contribution is -0.146. The molecule has 0 bridgehead atoms. The fourth-order valence-corrected chi connectivity index (χ4v) is 4.54. The summed E-state index contributed by atoms with van der Waals surface area (Å²) < 4.78 is 60.2. The van der Waals surface area contributed by atoms with Gasteiger partial charge in [0.1, 0.15) is 11.3 Å². The number of methoxy groups -OCH3 is 1. The van der Waals surface area contributed by atoms with Crippen molar-refractivity contribution in [3.8, 4) is 22.6 Å². The van der Waals surface area contributed by atoms with E-state index in [-0.39, 0.29) is 43.0 Å². The van der Waals surface area contributed by atoms with Crippen LogP contribution < -0.4 is 14.8 Å². The third-order valence-electron chi connectivity index (χ3n) is 7.09. The quantitative estimate of drug-likeness (QED) is 0.402. The van der Waals surface area contributed by atoms with E-state index in [0.717, 1.165) is 25.7 Å².